The lowest BCUT2D eigenvalue weighted by Crippen LogP contribution is -2.42. The van der Waals surface area contributed by atoms with Crippen molar-refractivity contribution in [1.29, 1.82) is 0 Å². The Morgan fingerprint density at radius 1 is 1.21 bits per heavy atom. The smallest absolute Gasteiger partial charge is 0.315 e. The minimum Gasteiger partial charge on any atom is -0.488 e. The molecule has 2 unspecified atom stereocenters. The molecule has 0 fully saturated rings. The van der Waals surface area contributed by atoms with E-state index in [9.17, 15) is 9.90 Å². The normalized spacial score (nSPS) is 16.8. The first-order chi connectivity index (χ1) is 11.6. The summed E-state index contributed by atoms with van der Waals surface area (Å²) >= 11 is 5.81. The highest BCUT2D eigenvalue weighted by atomic mass is 35.5. The second-order valence-corrected chi connectivity index (χ2v) is 6.15. The molecule has 24 heavy (non-hydrogen) atoms. The molecule has 1 aliphatic heterocycles. The van der Waals surface area contributed by atoms with Crippen LogP contribution in [-0.2, 0) is 6.42 Å². The van der Waals surface area contributed by atoms with Gasteiger partial charge in [-0.15, -0.1) is 0 Å². The predicted molar refractivity (Wildman–Crippen MR) is 92.4 cm³/mol. The van der Waals surface area contributed by atoms with Gasteiger partial charge in [0.1, 0.15) is 11.9 Å². The van der Waals surface area contributed by atoms with Crippen LogP contribution in [-0.4, -0.2) is 30.3 Å². The lowest BCUT2D eigenvalue weighted by atomic mass is 10.1. The molecule has 1 heterocycles. The molecule has 2 amide bonds. The zero-order chi connectivity index (χ0) is 16.9. The number of hydrogen-bond acceptors (Lipinski definition) is 3. The van der Waals surface area contributed by atoms with Crippen LogP contribution < -0.4 is 15.4 Å². The fourth-order valence-electron chi connectivity index (χ4n) is 2.63. The third-order valence-corrected chi connectivity index (χ3v) is 4.17. The van der Waals surface area contributed by atoms with Crippen molar-refractivity contribution in [3.63, 3.8) is 0 Å². The molecule has 0 radical (unpaired) electrons. The second-order valence-electron chi connectivity index (χ2n) is 5.71. The van der Waals surface area contributed by atoms with Crippen molar-refractivity contribution in [2.24, 2.45) is 0 Å². The van der Waals surface area contributed by atoms with Crippen LogP contribution >= 0.6 is 11.6 Å². The Balaban J connectivity index is 1.40. The molecule has 2 aromatic carbocycles. The van der Waals surface area contributed by atoms with Crippen LogP contribution in [0.4, 0.5) is 4.79 Å². The number of carbonyl (C=O) groups excluding carboxylic acids is 1. The lowest BCUT2D eigenvalue weighted by Gasteiger charge is -2.15. The lowest BCUT2D eigenvalue weighted by molar-refractivity contribution is 0.171. The molecule has 1 aliphatic rings. The van der Waals surface area contributed by atoms with Crippen LogP contribution in [0.2, 0.25) is 5.02 Å². The Morgan fingerprint density at radius 3 is 2.71 bits per heavy atom. The largest absolute Gasteiger partial charge is 0.488 e. The minimum absolute atomic E-state index is 0.0608. The second kappa shape index (κ2) is 7.55. The Bertz CT molecular complexity index is 681. The molecule has 0 aliphatic carbocycles. The molecule has 0 saturated heterocycles. The molecule has 0 aromatic heterocycles. The van der Waals surface area contributed by atoms with E-state index in [0.29, 0.717) is 17.1 Å². The number of carbonyl (C=O) groups is 1. The maximum atomic E-state index is 11.9. The van der Waals surface area contributed by atoms with Crippen molar-refractivity contribution in [2.75, 3.05) is 13.1 Å². The SMILES string of the molecule is O=C(NCC1Cc2ccccc2O1)NCC(O)c1ccc(Cl)cc1. The van der Waals surface area contributed by atoms with Crippen LogP contribution in [0.3, 0.4) is 0 Å². The number of aliphatic hydroxyl groups excluding tert-OH is 1. The van der Waals surface area contributed by atoms with Crippen molar-refractivity contribution in [3.05, 3.63) is 64.7 Å². The van der Waals surface area contributed by atoms with Gasteiger partial charge in [0.2, 0.25) is 0 Å². The Hall–Kier alpha value is -2.24. The number of rotatable bonds is 5. The van der Waals surface area contributed by atoms with Gasteiger partial charge in [0.25, 0.3) is 0 Å². The van der Waals surface area contributed by atoms with Gasteiger partial charge in [-0.3, -0.25) is 0 Å². The first-order valence-corrected chi connectivity index (χ1v) is 8.19. The molecule has 5 nitrogen and oxygen atoms in total. The Morgan fingerprint density at radius 2 is 1.96 bits per heavy atom. The van der Waals surface area contributed by atoms with Gasteiger partial charge in [0.15, 0.2) is 0 Å². The van der Waals surface area contributed by atoms with Gasteiger partial charge in [-0.2, -0.15) is 0 Å². The number of fused-ring (bicyclic) bond motifs is 1. The van der Waals surface area contributed by atoms with E-state index in [4.69, 9.17) is 16.3 Å². The van der Waals surface area contributed by atoms with E-state index in [0.717, 1.165) is 17.7 Å². The number of ether oxygens (including phenoxy) is 1. The summed E-state index contributed by atoms with van der Waals surface area (Å²) in [4.78, 5) is 11.9. The fourth-order valence-corrected chi connectivity index (χ4v) is 2.75. The van der Waals surface area contributed by atoms with E-state index in [1.165, 1.54) is 0 Å². The highest BCUT2D eigenvalue weighted by Crippen LogP contribution is 2.27. The zero-order valence-corrected chi connectivity index (χ0v) is 13.8. The molecular formula is C18H19ClN2O3. The third-order valence-electron chi connectivity index (χ3n) is 3.91. The van der Waals surface area contributed by atoms with Crippen molar-refractivity contribution < 1.29 is 14.6 Å². The topological polar surface area (TPSA) is 70.6 Å². The highest BCUT2D eigenvalue weighted by molar-refractivity contribution is 6.30. The third kappa shape index (κ3) is 4.19. The van der Waals surface area contributed by atoms with Gasteiger partial charge >= 0.3 is 6.03 Å². The molecule has 0 spiro atoms. The van der Waals surface area contributed by atoms with Crippen LogP contribution in [0.1, 0.15) is 17.2 Å². The minimum atomic E-state index is -0.778. The van der Waals surface area contributed by atoms with E-state index in [-0.39, 0.29) is 18.7 Å². The van der Waals surface area contributed by atoms with Crippen molar-refractivity contribution in [1.82, 2.24) is 10.6 Å². The van der Waals surface area contributed by atoms with Gasteiger partial charge in [-0.1, -0.05) is 41.9 Å². The number of hydrogen-bond donors (Lipinski definition) is 3. The number of halogens is 1. The number of aliphatic hydroxyl groups is 1. The molecule has 3 rings (SSSR count). The molecule has 2 aromatic rings. The molecule has 0 saturated carbocycles. The monoisotopic (exact) mass is 346 g/mol. The molecule has 2 atom stereocenters. The molecule has 126 valence electrons. The quantitative estimate of drug-likeness (QED) is 0.779. The summed E-state index contributed by atoms with van der Waals surface area (Å²) in [6.45, 7) is 0.538. The number of benzene rings is 2. The van der Waals surface area contributed by atoms with Gasteiger partial charge in [0.05, 0.1) is 12.6 Å². The van der Waals surface area contributed by atoms with E-state index >= 15 is 0 Å². The number of amides is 2. The predicted octanol–water partition coefficient (Wildman–Crippen LogP) is 2.68. The van der Waals surface area contributed by atoms with E-state index in [1.807, 2.05) is 24.3 Å². The zero-order valence-electron chi connectivity index (χ0n) is 13.0. The maximum absolute atomic E-state index is 11.9. The fraction of sp³-hybridized carbons (Fsp3) is 0.278. The van der Waals surface area contributed by atoms with Crippen LogP contribution in [0, 0.1) is 0 Å². The maximum Gasteiger partial charge on any atom is 0.315 e. The first-order valence-electron chi connectivity index (χ1n) is 7.81. The standard InChI is InChI=1S/C18H19ClN2O3/c19-14-7-5-12(6-8-14)16(22)11-21-18(23)20-10-15-9-13-3-1-2-4-17(13)24-15/h1-8,15-16,22H,9-11H2,(H2,20,21,23). The summed E-state index contributed by atoms with van der Waals surface area (Å²) in [5.74, 6) is 0.878. The first kappa shape index (κ1) is 16.6. The summed E-state index contributed by atoms with van der Waals surface area (Å²) in [6.07, 6.45) is -0.0570. The van der Waals surface area contributed by atoms with Crippen molar-refractivity contribution >= 4 is 17.6 Å². The summed E-state index contributed by atoms with van der Waals surface area (Å²) in [6, 6.07) is 14.4. The van der Waals surface area contributed by atoms with Crippen LogP contribution in [0.15, 0.2) is 48.5 Å². The van der Waals surface area contributed by atoms with Crippen LogP contribution in [0.25, 0.3) is 0 Å². The average Bonchev–Trinajstić information content (AvgIpc) is 3.01. The summed E-state index contributed by atoms with van der Waals surface area (Å²) in [5.41, 5.74) is 1.86. The molecule has 0 bridgehead atoms. The Kier molecular flexibility index (Phi) is 5.23. The highest BCUT2D eigenvalue weighted by Gasteiger charge is 2.22. The summed E-state index contributed by atoms with van der Waals surface area (Å²) in [7, 11) is 0. The van der Waals surface area contributed by atoms with E-state index < -0.39 is 6.10 Å². The van der Waals surface area contributed by atoms with Gasteiger partial charge < -0.3 is 20.5 Å². The van der Waals surface area contributed by atoms with E-state index in [1.54, 1.807) is 24.3 Å². The van der Waals surface area contributed by atoms with Crippen molar-refractivity contribution in [3.8, 4) is 5.75 Å². The number of nitrogens with one attached hydrogen (secondary N) is 2. The average molecular weight is 347 g/mol. The van der Waals surface area contributed by atoms with Gasteiger partial charge in [-0.25, -0.2) is 4.79 Å². The number of urea groups is 1. The Labute approximate surface area is 145 Å². The molecular weight excluding hydrogens is 328 g/mol. The van der Waals surface area contributed by atoms with Gasteiger partial charge in [0, 0.05) is 18.0 Å². The number of para-hydroxylation sites is 1. The van der Waals surface area contributed by atoms with E-state index in [2.05, 4.69) is 10.6 Å². The van der Waals surface area contributed by atoms with Crippen LogP contribution in [0.5, 0.6) is 5.75 Å². The summed E-state index contributed by atoms with van der Waals surface area (Å²) < 4.78 is 5.76. The van der Waals surface area contributed by atoms with Crippen molar-refractivity contribution in [2.45, 2.75) is 18.6 Å². The van der Waals surface area contributed by atoms with Gasteiger partial charge in [-0.05, 0) is 29.3 Å². The summed E-state index contributed by atoms with van der Waals surface area (Å²) in [5, 5.41) is 16.1. The molecule has 3 N–H and O–H groups in total. The molecule has 6 heteroatoms.